The molecular formula is C13H29N3. The predicted molar refractivity (Wildman–Crippen MR) is 70.9 cm³/mol. The number of piperazine rings is 1. The van der Waals surface area contributed by atoms with Crippen LogP contribution in [0, 0.1) is 0 Å². The van der Waals surface area contributed by atoms with Gasteiger partial charge in [-0.25, -0.2) is 0 Å². The van der Waals surface area contributed by atoms with Gasteiger partial charge >= 0.3 is 0 Å². The van der Waals surface area contributed by atoms with Crippen LogP contribution in [0.1, 0.15) is 34.6 Å². The van der Waals surface area contributed by atoms with Gasteiger partial charge in [0.15, 0.2) is 0 Å². The normalized spacial score (nSPS) is 29.6. The van der Waals surface area contributed by atoms with Gasteiger partial charge in [-0.1, -0.05) is 6.92 Å². The van der Waals surface area contributed by atoms with Crippen LogP contribution in [0.3, 0.4) is 0 Å². The highest BCUT2D eigenvalue weighted by atomic mass is 15.3. The molecule has 3 nitrogen and oxygen atoms in total. The van der Waals surface area contributed by atoms with E-state index in [4.69, 9.17) is 0 Å². The van der Waals surface area contributed by atoms with Crippen molar-refractivity contribution in [3.8, 4) is 0 Å². The molecule has 1 heterocycles. The van der Waals surface area contributed by atoms with Gasteiger partial charge < -0.3 is 5.32 Å². The fourth-order valence-electron chi connectivity index (χ4n) is 2.74. The average Bonchev–Trinajstić information content (AvgIpc) is 2.13. The first-order valence-corrected chi connectivity index (χ1v) is 6.55. The van der Waals surface area contributed by atoms with Crippen LogP contribution in [0.25, 0.3) is 0 Å². The third-order valence-corrected chi connectivity index (χ3v) is 3.71. The lowest BCUT2D eigenvalue weighted by Gasteiger charge is -2.45. The fourth-order valence-corrected chi connectivity index (χ4v) is 2.74. The molecule has 1 rings (SSSR count). The summed E-state index contributed by atoms with van der Waals surface area (Å²) in [5.41, 5.74) is 0.226. The summed E-state index contributed by atoms with van der Waals surface area (Å²) < 4.78 is 0. The summed E-state index contributed by atoms with van der Waals surface area (Å²) in [6.45, 7) is 16.0. The second-order valence-electron chi connectivity index (χ2n) is 5.97. The molecule has 0 amide bonds. The summed E-state index contributed by atoms with van der Waals surface area (Å²) in [5.74, 6) is 0. The number of hydrogen-bond donors (Lipinski definition) is 1. The van der Waals surface area contributed by atoms with Crippen LogP contribution in [-0.2, 0) is 0 Å². The fraction of sp³-hybridized carbons (Fsp3) is 1.00. The maximum Gasteiger partial charge on any atom is 0.0252 e. The molecule has 0 radical (unpaired) electrons. The molecule has 96 valence electrons. The molecule has 1 N–H and O–H groups in total. The van der Waals surface area contributed by atoms with Crippen LogP contribution in [0.4, 0.5) is 0 Å². The van der Waals surface area contributed by atoms with E-state index in [1.165, 1.54) is 13.1 Å². The summed E-state index contributed by atoms with van der Waals surface area (Å²) in [7, 11) is 2.24. The first-order valence-electron chi connectivity index (χ1n) is 6.55. The zero-order valence-electron chi connectivity index (χ0n) is 11.9. The summed E-state index contributed by atoms with van der Waals surface area (Å²) in [5, 5.41) is 3.55. The minimum absolute atomic E-state index is 0.226. The van der Waals surface area contributed by atoms with Gasteiger partial charge in [0, 0.05) is 37.3 Å². The van der Waals surface area contributed by atoms with Crippen molar-refractivity contribution < 1.29 is 0 Å². The topological polar surface area (TPSA) is 18.5 Å². The summed E-state index contributed by atoms with van der Waals surface area (Å²) in [6, 6.07) is 1.34. The largest absolute Gasteiger partial charge is 0.311 e. The minimum Gasteiger partial charge on any atom is -0.311 e. The second-order valence-corrected chi connectivity index (χ2v) is 5.97. The molecule has 0 aromatic heterocycles. The molecule has 2 unspecified atom stereocenters. The van der Waals surface area contributed by atoms with Crippen molar-refractivity contribution >= 4 is 0 Å². The lowest BCUT2D eigenvalue weighted by Crippen LogP contribution is -2.59. The van der Waals surface area contributed by atoms with E-state index >= 15 is 0 Å². The van der Waals surface area contributed by atoms with Crippen LogP contribution in [0.2, 0.25) is 0 Å². The van der Waals surface area contributed by atoms with Crippen molar-refractivity contribution in [1.82, 2.24) is 15.1 Å². The molecule has 1 fully saturated rings. The average molecular weight is 227 g/mol. The maximum absolute atomic E-state index is 3.55. The summed E-state index contributed by atoms with van der Waals surface area (Å²) >= 11 is 0. The Bertz CT molecular complexity index is 203. The van der Waals surface area contributed by atoms with Gasteiger partial charge in [0.05, 0.1) is 0 Å². The molecule has 0 aromatic rings. The van der Waals surface area contributed by atoms with Crippen molar-refractivity contribution in [3.63, 3.8) is 0 Å². The molecule has 1 saturated heterocycles. The third kappa shape index (κ3) is 3.72. The Morgan fingerprint density at radius 3 is 2.12 bits per heavy atom. The molecule has 0 aliphatic carbocycles. The van der Waals surface area contributed by atoms with Gasteiger partial charge in [-0.2, -0.15) is 0 Å². The molecule has 0 bridgehead atoms. The number of rotatable bonds is 4. The first kappa shape index (κ1) is 13.9. The Balaban J connectivity index is 2.50. The zero-order valence-corrected chi connectivity index (χ0v) is 11.9. The van der Waals surface area contributed by atoms with E-state index in [2.05, 4.69) is 56.8 Å². The molecule has 0 spiro atoms. The van der Waals surface area contributed by atoms with E-state index in [-0.39, 0.29) is 5.54 Å². The molecule has 1 aliphatic heterocycles. The Labute approximate surface area is 101 Å². The Morgan fingerprint density at radius 1 is 1.19 bits per heavy atom. The highest BCUT2D eigenvalue weighted by Crippen LogP contribution is 2.15. The van der Waals surface area contributed by atoms with E-state index in [0.29, 0.717) is 12.1 Å². The van der Waals surface area contributed by atoms with Gasteiger partial charge in [-0.15, -0.1) is 0 Å². The van der Waals surface area contributed by atoms with Gasteiger partial charge in [0.2, 0.25) is 0 Å². The van der Waals surface area contributed by atoms with Crippen LogP contribution >= 0.6 is 0 Å². The summed E-state index contributed by atoms with van der Waals surface area (Å²) in [6.07, 6.45) is 0. The molecule has 0 aromatic carbocycles. The Morgan fingerprint density at radius 2 is 1.69 bits per heavy atom. The van der Waals surface area contributed by atoms with E-state index in [1.807, 2.05) is 0 Å². The van der Waals surface area contributed by atoms with Crippen molar-refractivity contribution in [2.75, 3.05) is 33.2 Å². The Kier molecular flexibility index (Phi) is 4.77. The molecular weight excluding hydrogens is 198 g/mol. The number of hydrogen-bond acceptors (Lipinski definition) is 3. The number of likely N-dealkylation sites (N-methyl/N-ethyl adjacent to an activating group) is 2. The zero-order chi connectivity index (χ0) is 12.3. The van der Waals surface area contributed by atoms with Crippen LogP contribution < -0.4 is 5.32 Å². The van der Waals surface area contributed by atoms with E-state index in [0.717, 1.165) is 13.1 Å². The van der Waals surface area contributed by atoms with E-state index in [1.54, 1.807) is 0 Å². The van der Waals surface area contributed by atoms with Gasteiger partial charge in [-0.3, -0.25) is 9.80 Å². The van der Waals surface area contributed by atoms with E-state index < -0.39 is 0 Å². The molecule has 3 heteroatoms. The smallest absolute Gasteiger partial charge is 0.0252 e. The molecule has 16 heavy (non-hydrogen) atoms. The highest BCUT2D eigenvalue weighted by molar-refractivity contribution is 4.88. The minimum atomic E-state index is 0.226. The first-order chi connectivity index (χ1) is 7.35. The van der Waals surface area contributed by atoms with Crippen LogP contribution in [0.15, 0.2) is 0 Å². The van der Waals surface area contributed by atoms with Crippen molar-refractivity contribution in [1.29, 1.82) is 0 Å². The molecule has 2 atom stereocenters. The maximum atomic E-state index is 3.55. The number of nitrogens with one attached hydrogen (secondary N) is 1. The van der Waals surface area contributed by atoms with Crippen molar-refractivity contribution in [3.05, 3.63) is 0 Å². The SMILES string of the molecule is CCNC(C)(C)CN1CC(C)N(C)C(C)C1. The monoisotopic (exact) mass is 227 g/mol. The van der Waals surface area contributed by atoms with Crippen molar-refractivity contribution in [2.45, 2.75) is 52.2 Å². The van der Waals surface area contributed by atoms with Gasteiger partial charge in [0.25, 0.3) is 0 Å². The van der Waals surface area contributed by atoms with Crippen LogP contribution in [0.5, 0.6) is 0 Å². The molecule has 1 aliphatic rings. The number of nitrogens with zero attached hydrogens (tertiary/aromatic N) is 2. The van der Waals surface area contributed by atoms with Crippen molar-refractivity contribution in [2.24, 2.45) is 0 Å². The summed E-state index contributed by atoms with van der Waals surface area (Å²) in [4.78, 5) is 5.08. The lowest BCUT2D eigenvalue weighted by molar-refractivity contribution is 0.0459. The lowest BCUT2D eigenvalue weighted by atomic mass is 10.0. The highest BCUT2D eigenvalue weighted by Gasteiger charge is 2.29. The van der Waals surface area contributed by atoms with Gasteiger partial charge in [-0.05, 0) is 41.3 Å². The molecule has 0 saturated carbocycles. The van der Waals surface area contributed by atoms with Crippen LogP contribution in [-0.4, -0.2) is 60.6 Å². The third-order valence-electron chi connectivity index (χ3n) is 3.71. The standard InChI is InChI=1S/C13H29N3/c1-7-14-13(4,5)10-16-8-11(2)15(6)12(3)9-16/h11-12,14H,7-10H2,1-6H3. The van der Waals surface area contributed by atoms with E-state index in [9.17, 15) is 0 Å². The Hall–Kier alpha value is -0.120. The second kappa shape index (κ2) is 5.48. The predicted octanol–water partition coefficient (Wildman–Crippen LogP) is 1.40. The van der Waals surface area contributed by atoms with Gasteiger partial charge in [0.1, 0.15) is 0 Å². The quantitative estimate of drug-likeness (QED) is 0.783.